The summed E-state index contributed by atoms with van der Waals surface area (Å²) in [4.78, 5) is 16.6. The normalized spacial score (nSPS) is 14.0. The van der Waals surface area contributed by atoms with Gasteiger partial charge in [-0.05, 0) is 30.5 Å². The van der Waals surface area contributed by atoms with Gasteiger partial charge in [0, 0.05) is 5.02 Å². The topological polar surface area (TPSA) is 70.7 Å². The molecule has 0 spiro atoms. The van der Waals surface area contributed by atoms with Gasteiger partial charge >= 0.3 is 0 Å². The summed E-state index contributed by atoms with van der Waals surface area (Å²) < 4.78 is 0. The highest BCUT2D eigenvalue weighted by Gasteiger charge is 2.26. The first kappa shape index (κ1) is 15.5. The van der Waals surface area contributed by atoms with E-state index in [0.717, 1.165) is 5.56 Å². The Kier molecular flexibility index (Phi) is 4.96. The summed E-state index contributed by atoms with van der Waals surface area (Å²) in [5, 5.41) is 10.2. The minimum Gasteiger partial charge on any atom is -0.346 e. The van der Waals surface area contributed by atoms with Crippen molar-refractivity contribution in [2.75, 3.05) is 0 Å². The van der Waals surface area contributed by atoms with Crippen molar-refractivity contribution in [3.63, 3.8) is 0 Å². The Morgan fingerprint density at radius 3 is 2.43 bits per heavy atom. The Bertz CT molecular complexity index is 580. The van der Waals surface area contributed by atoms with Gasteiger partial charge in [0.15, 0.2) is 0 Å². The second kappa shape index (κ2) is 6.72. The molecule has 5 nitrogen and oxygen atoms in total. The molecule has 0 aliphatic heterocycles. The van der Waals surface area contributed by atoms with Crippen molar-refractivity contribution in [2.24, 2.45) is 5.92 Å². The molecule has 0 fully saturated rings. The number of nitrogens with one attached hydrogen (secondary N) is 2. The highest BCUT2D eigenvalue weighted by Crippen LogP contribution is 2.26. The van der Waals surface area contributed by atoms with Crippen LogP contribution in [-0.4, -0.2) is 21.1 Å². The number of hydrogen-bond acceptors (Lipinski definition) is 3. The molecule has 1 aromatic carbocycles. The first-order valence-electron chi connectivity index (χ1n) is 6.90. The lowest BCUT2D eigenvalue weighted by Gasteiger charge is -2.22. The summed E-state index contributed by atoms with van der Waals surface area (Å²) in [5.41, 5.74) is 0.955. The Labute approximate surface area is 129 Å². The van der Waals surface area contributed by atoms with E-state index in [2.05, 4.69) is 20.5 Å². The molecule has 1 aromatic heterocycles. The van der Waals surface area contributed by atoms with Crippen molar-refractivity contribution in [2.45, 2.75) is 32.7 Å². The molecule has 1 amide bonds. The maximum Gasteiger partial charge on any atom is 0.228 e. The third kappa shape index (κ3) is 3.82. The lowest BCUT2D eigenvalue weighted by atomic mass is 9.87. The molecule has 0 bridgehead atoms. The van der Waals surface area contributed by atoms with Crippen LogP contribution in [0.5, 0.6) is 0 Å². The minimum atomic E-state index is -0.229. The smallest absolute Gasteiger partial charge is 0.228 e. The quantitative estimate of drug-likeness (QED) is 0.892. The molecule has 2 N–H and O–H groups in total. The van der Waals surface area contributed by atoms with Gasteiger partial charge in [-0.25, -0.2) is 4.98 Å². The van der Waals surface area contributed by atoms with Gasteiger partial charge in [0.1, 0.15) is 12.2 Å². The van der Waals surface area contributed by atoms with Gasteiger partial charge in [-0.1, -0.05) is 37.6 Å². The standard InChI is InChI=1S/C15H19ClN4O/c1-9(2)13(11-4-6-12(16)7-5-11)15(21)19-10(3)14-17-8-18-20-14/h4-10,13H,1-3H3,(H,19,21)(H,17,18,20). The number of halogens is 1. The van der Waals surface area contributed by atoms with E-state index < -0.39 is 0 Å². The van der Waals surface area contributed by atoms with Crippen LogP contribution in [0.3, 0.4) is 0 Å². The Morgan fingerprint density at radius 2 is 1.90 bits per heavy atom. The zero-order chi connectivity index (χ0) is 15.4. The van der Waals surface area contributed by atoms with Gasteiger partial charge in [0.2, 0.25) is 5.91 Å². The molecule has 112 valence electrons. The number of carbonyl (C=O) groups is 1. The Hall–Kier alpha value is -1.88. The van der Waals surface area contributed by atoms with E-state index >= 15 is 0 Å². The van der Waals surface area contributed by atoms with Crippen molar-refractivity contribution in [1.82, 2.24) is 20.5 Å². The highest BCUT2D eigenvalue weighted by atomic mass is 35.5. The van der Waals surface area contributed by atoms with Crippen molar-refractivity contribution in [3.05, 3.63) is 47.0 Å². The summed E-state index contributed by atoms with van der Waals surface area (Å²) in [7, 11) is 0. The number of aromatic amines is 1. The first-order chi connectivity index (χ1) is 9.99. The van der Waals surface area contributed by atoms with Crippen LogP contribution in [-0.2, 0) is 4.79 Å². The average Bonchev–Trinajstić information content (AvgIpc) is 2.95. The molecular weight excluding hydrogens is 288 g/mol. The van der Waals surface area contributed by atoms with Crippen LogP contribution in [0, 0.1) is 5.92 Å². The number of aromatic nitrogens is 3. The molecule has 6 heteroatoms. The number of hydrogen-bond donors (Lipinski definition) is 2. The van der Waals surface area contributed by atoms with E-state index in [-0.39, 0.29) is 23.8 Å². The molecule has 2 unspecified atom stereocenters. The third-order valence-electron chi connectivity index (χ3n) is 3.38. The zero-order valence-electron chi connectivity index (χ0n) is 12.3. The predicted octanol–water partition coefficient (Wildman–Crippen LogP) is 3.08. The number of carbonyl (C=O) groups excluding carboxylic acids is 1. The molecule has 0 radical (unpaired) electrons. The minimum absolute atomic E-state index is 0.0313. The number of amides is 1. The van der Waals surface area contributed by atoms with Gasteiger partial charge in [0.25, 0.3) is 0 Å². The molecule has 0 saturated heterocycles. The van der Waals surface area contributed by atoms with Crippen LogP contribution in [0.15, 0.2) is 30.6 Å². The van der Waals surface area contributed by atoms with Crippen molar-refractivity contribution in [1.29, 1.82) is 0 Å². The van der Waals surface area contributed by atoms with E-state index in [1.165, 1.54) is 6.33 Å². The fourth-order valence-corrected chi connectivity index (χ4v) is 2.43. The van der Waals surface area contributed by atoms with Gasteiger partial charge in [-0.2, -0.15) is 5.10 Å². The van der Waals surface area contributed by atoms with E-state index in [1.54, 1.807) is 12.1 Å². The van der Waals surface area contributed by atoms with Crippen molar-refractivity contribution in [3.8, 4) is 0 Å². The second-order valence-electron chi connectivity index (χ2n) is 5.37. The summed E-state index contributed by atoms with van der Waals surface area (Å²) in [6.45, 7) is 5.92. The summed E-state index contributed by atoms with van der Waals surface area (Å²) in [6.07, 6.45) is 1.43. The van der Waals surface area contributed by atoms with E-state index in [9.17, 15) is 4.79 Å². The van der Waals surface area contributed by atoms with Crippen LogP contribution >= 0.6 is 11.6 Å². The number of H-pyrrole nitrogens is 1. The monoisotopic (exact) mass is 306 g/mol. The third-order valence-corrected chi connectivity index (χ3v) is 3.63. The molecule has 0 aliphatic rings. The molecule has 0 saturated carbocycles. The molecule has 0 aliphatic carbocycles. The number of rotatable bonds is 5. The Balaban J connectivity index is 2.14. The average molecular weight is 307 g/mol. The molecule has 2 atom stereocenters. The zero-order valence-corrected chi connectivity index (χ0v) is 13.1. The SMILES string of the molecule is CC(NC(=O)C(c1ccc(Cl)cc1)C(C)C)c1ncn[nH]1. The summed E-state index contributed by atoms with van der Waals surface area (Å²) in [6, 6.07) is 7.18. The predicted molar refractivity (Wildman–Crippen MR) is 82.0 cm³/mol. The number of benzene rings is 1. The van der Waals surface area contributed by atoms with Crippen molar-refractivity contribution < 1.29 is 4.79 Å². The van der Waals surface area contributed by atoms with Crippen LogP contribution in [0.4, 0.5) is 0 Å². The van der Waals surface area contributed by atoms with Gasteiger partial charge in [0.05, 0.1) is 12.0 Å². The van der Waals surface area contributed by atoms with Crippen LogP contribution < -0.4 is 5.32 Å². The van der Waals surface area contributed by atoms with Gasteiger partial charge in [-0.15, -0.1) is 0 Å². The molecule has 2 aromatic rings. The fraction of sp³-hybridized carbons (Fsp3) is 0.400. The highest BCUT2D eigenvalue weighted by molar-refractivity contribution is 6.30. The van der Waals surface area contributed by atoms with Gasteiger partial charge < -0.3 is 5.32 Å². The van der Waals surface area contributed by atoms with Crippen molar-refractivity contribution >= 4 is 17.5 Å². The first-order valence-corrected chi connectivity index (χ1v) is 7.28. The summed E-state index contributed by atoms with van der Waals surface area (Å²) >= 11 is 5.91. The van der Waals surface area contributed by atoms with Crippen LogP contribution in [0.2, 0.25) is 5.02 Å². The Morgan fingerprint density at radius 1 is 1.24 bits per heavy atom. The maximum absolute atomic E-state index is 12.6. The number of nitrogens with zero attached hydrogens (tertiary/aromatic N) is 2. The summed E-state index contributed by atoms with van der Waals surface area (Å²) in [5.74, 6) is 0.555. The van der Waals surface area contributed by atoms with Crippen LogP contribution in [0.25, 0.3) is 0 Å². The van der Waals surface area contributed by atoms with E-state index in [4.69, 9.17) is 11.6 Å². The largest absolute Gasteiger partial charge is 0.346 e. The maximum atomic E-state index is 12.6. The molecule has 21 heavy (non-hydrogen) atoms. The van der Waals surface area contributed by atoms with E-state index in [0.29, 0.717) is 10.8 Å². The van der Waals surface area contributed by atoms with E-state index in [1.807, 2.05) is 32.9 Å². The lowest BCUT2D eigenvalue weighted by Crippen LogP contribution is -2.34. The molecule has 1 heterocycles. The second-order valence-corrected chi connectivity index (χ2v) is 5.81. The molecular formula is C15H19ClN4O. The van der Waals surface area contributed by atoms with Gasteiger partial charge in [-0.3, -0.25) is 9.89 Å². The molecule has 2 rings (SSSR count). The fourth-order valence-electron chi connectivity index (χ4n) is 2.30. The lowest BCUT2D eigenvalue weighted by molar-refractivity contribution is -0.124. The van der Waals surface area contributed by atoms with Crippen LogP contribution in [0.1, 0.15) is 44.1 Å².